The molecule has 0 aromatic heterocycles. The van der Waals surface area contributed by atoms with Gasteiger partial charge in [-0.25, -0.2) is 8.42 Å². The van der Waals surface area contributed by atoms with Crippen LogP contribution in [0.4, 0.5) is 0 Å². The van der Waals surface area contributed by atoms with E-state index in [4.69, 9.17) is 0 Å². The number of carbonyl (C=O) groups is 2. The van der Waals surface area contributed by atoms with Crippen LogP contribution in [0.1, 0.15) is 38.7 Å². The molecule has 2 atom stereocenters. The van der Waals surface area contributed by atoms with E-state index in [1.165, 1.54) is 24.5 Å². The van der Waals surface area contributed by atoms with E-state index in [0.29, 0.717) is 6.04 Å². The van der Waals surface area contributed by atoms with Crippen molar-refractivity contribution in [1.29, 1.82) is 0 Å². The molecule has 8 nitrogen and oxygen atoms in total. The topological polar surface area (TPSA) is 98.8 Å². The number of rotatable bonds is 6. The standard InChI is InChI=1S/C21H30N4O4S/c1-15(2)24-11-4-5-17(14-24)23-20(26)13-19-21(27)22-10-12-25(19)30(28,29)18-8-6-16(3)7-9-18/h6-10,12,15,17,19H,4-5,11,13-14H2,1-3H3,(H,22,27)(H,23,26)/t17-,19-/m1/s1. The van der Waals surface area contributed by atoms with Crippen LogP contribution >= 0.6 is 0 Å². The summed E-state index contributed by atoms with van der Waals surface area (Å²) in [5.41, 5.74) is 0.930. The number of sulfonamides is 1. The predicted octanol–water partition coefficient (Wildman–Crippen LogP) is 1.33. The van der Waals surface area contributed by atoms with Crippen molar-refractivity contribution in [2.45, 2.75) is 63.1 Å². The Hall–Kier alpha value is -2.39. The Labute approximate surface area is 178 Å². The summed E-state index contributed by atoms with van der Waals surface area (Å²) < 4.78 is 27.2. The average Bonchev–Trinajstić information content (AvgIpc) is 2.70. The van der Waals surface area contributed by atoms with Gasteiger partial charge in [0.2, 0.25) is 11.8 Å². The largest absolute Gasteiger partial charge is 0.352 e. The summed E-state index contributed by atoms with van der Waals surface area (Å²) >= 11 is 0. The fourth-order valence-corrected chi connectivity index (χ4v) is 5.28. The minimum absolute atomic E-state index is 0.00185. The average molecular weight is 435 g/mol. The zero-order valence-electron chi connectivity index (χ0n) is 17.7. The van der Waals surface area contributed by atoms with Crippen LogP contribution in [0.2, 0.25) is 0 Å². The summed E-state index contributed by atoms with van der Waals surface area (Å²) in [6.07, 6.45) is 4.21. The van der Waals surface area contributed by atoms with Gasteiger partial charge in [0.05, 0.1) is 11.3 Å². The fraction of sp³-hybridized carbons (Fsp3) is 0.524. The smallest absolute Gasteiger partial charge is 0.264 e. The minimum atomic E-state index is -3.96. The van der Waals surface area contributed by atoms with Crippen molar-refractivity contribution in [2.75, 3.05) is 13.1 Å². The molecule has 2 heterocycles. The van der Waals surface area contributed by atoms with Gasteiger partial charge in [-0.3, -0.25) is 18.8 Å². The van der Waals surface area contributed by atoms with Crippen LogP contribution in [0.3, 0.4) is 0 Å². The number of amides is 2. The van der Waals surface area contributed by atoms with Gasteiger partial charge in [-0.1, -0.05) is 17.7 Å². The number of nitrogens with one attached hydrogen (secondary N) is 2. The number of hydrogen-bond acceptors (Lipinski definition) is 5. The summed E-state index contributed by atoms with van der Waals surface area (Å²) in [6, 6.07) is 5.67. The number of likely N-dealkylation sites (tertiary alicyclic amines) is 1. The summed E-state index contributed by atoms with van der Waals surface area (Å²) in [6.45, 7) is 7.87. The van der Waals surface area contributed by atoms with Crippen molar-refractivity contribution < 1.29 is 18.0 Å². The molecule has 1 saturated heterocycles. The molecule has 9 heteroatoms. The molecule has 2 N–H and O–H groups in total. The third-order valence-electron chi connectivity index (χ3n) is 5.58. The van der Waals surface area contributed by atoms with Crippen LogP contribution in [0.15, 0.2) is 41.6 Å². The Kier molecular flexibility index (Phi) is 6.82. The molecule has 30 heavy (non-hydrogen) atoms. The monoisotopic (exact) mass is 434 g/mol. The van der Waals surface area contributed by atoms with E-state index in [1.807, 2.05) is 6.92 Å². The van der Waals surface area contributed by atoms with Gasteiger partial charge in [0, 0.05) is 31.0 Å². The van der Waals surface area contributed by atoms with Crippen LogP contribution in [-0.4, -0.2) is 60.7 Å². The summed E-state index contributed by atoms with van der Waals surface area (Å²) in [7, 11) is -3.96. The number of piperidine rings is 1. The highest BCUT2D eigenvalue weighted by molar-refractivity contribution is 7.89. The Morgan fingerprint density at radius 2 is 1.97 bits per heavy atom. The molecule has 0 saturated carbocycles. The maximum Gasteiger partial charge on any atom is 0.264 e. The maximum atomic E-state index is 13.1. The molecule has 3 rings (SSSR count). The molecular weight excluding hydrogens is 404 g/mol. The van der Waals surface area contributed by atoms with E-state index in [-0.39, 0.29) is 23.3 Å². The van der Waals surface area contributed by atoms with Gasteiger partial charge in [-0.15, -0.1) is 0 Å². The second-order valence-corrected chi connectivity index (χ2v) is 10.0. The first-order valence-electron chi connectivity index (χ1n) is 10.3. The van der Waals surface area contributed by atoms with Crippen molar-refractivity contribution in [2.24, 2.45) is 0 Å². The minimum Gasteiger partial charge on any atom is -0.352 e. The normalized spacial score (nSPS) is 22.8. The molecule has 0 radical (unpaired) electrons. The molecule has 0 unspecified atom stereocenters. The van der Waals surface area contributed by atoms with Gasteiger partial charge in [-0.05, 0) is 52.3 Å². The van der Waals surface area contributed by atoms with Crippen molar-refractivity contribution >= 4 is 21.8 Å². The number of benzene rings is 1. The summed E-state index contributed by atoms with van der Waals surface area (Å²) in [4.78, 5) is 27.5. The molecule has 0 aliphatic carbocycles. The van der Waals surface area contributed by atoms with E-state index in [1.54, 1.807) is 12.1 Å². The van der Waals surface area contributed by atoms with Gasteiger partial charge < -0.3 is 10.6 Å². The lowest BCUT2D eigenvalue weighted by molar-refractivity contribution is -0.130. The molecular formula is C21H30N4O4S. The lowest BCUT2D eigenvalue weighted by Gasteiger charge is -2.36. The van der Waals surface area contributed by atoms with Crippen molar-refractivity contribution in [3.8, 4) is 0 Å². The molecule has 2 amide bonds. The fourth-order valence-electron chi connectivity index (χ4n) is 3.83. The molecule has 2 aliphatic heterocycles. The molecule has 0 spiro atoms. The van der Waals surface area contributed by atoms with E-state index >= 15 is 0 Å². The zero-order chi connectivity index (χ0) is 21.9. The van der Waals surface area contributed by atoms with Crippen LogP contribution < -0.4 is 10.6 Å². The number of hydrogen-bond donors (Lipinski definition) is 2. The molecule has 1 aromatic rings. The number of aryl methyl sites for hydroxylation is 1. The highest BCUT2D eigenvalue weighted by Crippen LogP contribution is 2.23. The third-order valence-corrected chi connectivity index (χ3v) is 7.38. The number of carbonyl (C=O) groups excluding carboxylic acids is 2. The Balaban J connectivity index is 1.72. The van der Waals surface area contributed by atoms with Gasteiger partial charge in [0.15, 0.2) is 0 Å². The molecule has 1 fully saturated rings. The first-order chi connectivity index (χ1) is 14.2. The molecule has 1 aromatic carbocycles. The molecule has 2 aliphatic rings. The van der Waals surface area contributed by atoms with Gasteiger partial charge in [0.25, 0.3) is 10.0 Å². The predicted molar refractivity (Wildman–Crippen MR) is 114 cm³/mol. The Morgan fingerprint density at radius 1 is 1.27 bits per heavy atom. The van der Waals surface area contributed by atoms with Crippen molar-refractivity contribution in [1.82, 2.24) is 19.8 Å². The molecule has 0 bridgehead atoms. The first kappa shape index (κ1) is 22.3. The van der Waals surface area contributed by atoms with Crippen LogP contribution in [-0.2, 0) is 19.6 Å². The quantitative estimate of drug-likeness (QED) is 0.704. The lowest BCUT2D eigenvalue weighted by atomic mass is 10.0. The second-order valence-electron chi connectivity index (χ2n) is 8.19. The zero-order valence-corrected chi connectivity index (χ0v) is 18.5. The highest BCUT2D eigenvalue weighted by atomic mass is 32.2. The van der Waals surface area contributed by atoms with Crippen LogP contribution in [0.25, 0.3) is 0 Å². The Morgan fingerprint density at radius 3 is 2.63 bits per heavy atom. The van der Waals surface area contributed by atoms with Gasteiger partial charge >= 0.3 is 0 Å². The highest BCUT2D eigenvalue weighted by Gasteiger charge is 2.37. The van der Waals surface area contributed by atoms with Crippen molar-refractivity contribution in [3.05, 3.63) is 42.2 Å². The maximum absolute atomic E-state index is 13.1. The number of nitrogens with zero attached hydrogens (tertiary/aromatic N) is 2. The van der Waals surface area contributed by atoms with E-state index in [0.717, 1.165) is 35.8 Å². The second kappa shape index (κ2) is 9.18. The van der Waals surface area contributed by atoms with E-state index < -0.39 is 22.0 Å². The van der Waals surface area contributed by atoms with Crippen molar-refractivity contribution in [3.63, 3.8) is 0 Å². The van der Waals surface area contributed by atoms with Gasteiger partial charge in [-0.2, -0.15) is 0 Å². The SMILES string of the molecule is Cc1ccc(S(=O)(=O)N2C=CNC(=O)[C@H]2CC(=O)N[C@@H]2CCCN(C(C)C)C2)cc1. The summed E-state index contributed by atoms with van der Waals surface area (Å²) in [5.74, 6) is -0.846. The van der Waals surface area contributed by atoms with E-state index in [2.05, 4.69) is 29.4 Å². The Bertz CT molecular complexity index is 911. The molecule has 164 valence electrons. The van der Waals surface area contributed by atoms with E-state index in [9.17, 15) is 18.0 Å². The first-order valence-corrected chi connectivity index (χ1v) is 11.7. The lowest BCUT2D eigenvalue weighted by Crippen LogP contribution is -2.53. The summed E-state index contributed by atoms with van der Waals surface area (Å²) in [5, 5.41) is 5.50. The van der Waals surface area contributed by atoms with Crippen LogP contribution in [0.5, 0.6) is 0 Å². The van der Waals surface area contributed by atoms with Gasteiger partial charge in [0.1, 0.15) is 6.04 Å². The van der Waals surface area contributed by atoms with Crippen LogP contribution in [0, 0.1) is 6.92 Å². The third kappa shape index (κ3) is 5.02.